The van der Waals surface area contributed by atoms with Crippen LogP contribution < -0.4 is 16.1 Å². The molecule has 7 nitrogen and oxygen atoms in total. The minimum atomic E-state index is -1.17. The molecule has 88 valence electrons. The fourth-order valence-corrected chi connectivity index (χ4v) is 1.19. The van der Waals surface area contributed by atoms with Crippen molar-refractivity contribution in [2.75, 3.05) is 5.23 Å². The highest BCUT2D eigenvalue weighted by atomic mass is 16.8. The van der Waals surface area contributed by atoms with Crippen LogP contribution in [0.15, 0.2) is 18.2 Å². The topological polar surface area (TPSA) is 130 Å². The molecule has 0 aliphatic heterocycles. The Morgan fingerprint density at radius 2 is 2.12 bits per heavy atom. The van der Waals surface area contributed by atoms with E-state index in [1.54, 1.807) is 0 Å². The average Bonchev–Trinajstić information content (AvgIpc) is 2.20. The van der Waals surface area contributed by atoms with Gasteiger partial charge in [0, 0.05) is 0 Å². The van der Waals surface area contributed by atoms with Crippen molar-refractivity contribution in [3.8, 4) is 5.75 Å². The van der Waals surface area contributed by atoms with Gasteiger partial charge in [-0.05, 0) is 18.1 Å². The number of hydrogen-bond donors (Lipinski definition) is 4. The van der Waals surface area contributed by atoms with Gasteiger partial charge >= 0.3 is 5.97 Å². The van der Waals surface area contributed by atoms with E-state index in [-0.39, 0.29) is 17.3 Å². The minimum Gasteiger partial charge on any atom is -0.871 e. The molecule has 1 unspecified atom stereocenters. The second-order valence-electron chi connectivity index (χ2n) is 3.24. The Kier molecular flexibility index (Phi) is 3.67. The van der Waals surface area contributed by atoms with Crippen LogP contribution in [0.3, 0.4) is 0 Å². The van der Waals surface area contributed by atoms with Crippen LogP contribution in [-0.2, 0) is 11.2 Å². The number of carbonyl (C=O) groups is 1. The predicted octanol–water partition coefficient (Wildman–Crippen LogP) is -0.701. The maximum atomic E-state index is 11.1. The van der Waals surface area contributed by atoms with Crippen LogP contribution in [0.1, 0.15) is 5.56 Å². The predicted molar refractivity (Wildman–Crippen MR) is 51.3 cm³/mol. The number of benzene rings is 1. The van der Waals surface area contributed by atoms with Crippen LogP contribution >= 0.6 is 0 Å². The van der Waals surface area contributed by atoms with Crippen LogP contribution in [0.25, 0.3) is 0 Å². The molecule has 1 atom stereocenters. The summed E-state index contributed by atoms with van der Waals surface area (Å²) in [6.45, 7) is 0. The standard InChI is InChI=1S/C9H12N2O5/c10-6(9(13)14)3-5-1-2-8(12)7(4-5)11(15)16/h1-2,4,6,12,15-16H,3,10H2,(H,13,14)/p-1. The van der Waals surface area contributed by atoms with Gasteiger partial charge in [-0.3, -0.25) is 15.2 Å². The number of carboxylic acids is 1. The van der Waals surface area contributed by atoms with Crippen LogP contribution in [0.5, 0.6) is 5.75 Å². The molecule has 0 aromatic heterocycles. The Morgan fingerprint density at radius 3 is 2.62 bits per heavy atom. The van der Waals surface area contributed by atoms with E-state index in [0.29, 0.717) is 5.56 Å². The van der Waals surface area contributed by atoms with E-state index in [2.05, 4.69) is 0 Å². The van der Waals surface area contributed by atoms with Gasteiger partial charge in [0.2, 0.25) is 0 Å². The molecule has 16 heavy (non-hydrogen) atoms. The summed E-state index contributed by atoms with van der Waals surface area (Å²) in [7, 11) is 0. The van der Waals surface area contributed by atoms with Gasteiger partial charge in [0.25, 0.3) is 0 Å². The van der Waals surface area contributed by atoms with Gasteiger partial charge < -0.3 is 15.9 Å². The summed E-state index contributed by atoms with van der Waals surface area (Å²) in [6.07, 6.45) is -0.00352. The summed E-state index contributed by atoms with van der Waals surface area (Å²) in [5, 5.41) is 36.8. The Labute approximate surface area is 90.9 Å². The molecule has 0 aliphatic carbocycles. The Bertz CT molecular complexity index is 393. The lowest BCUT2D eigenvalue weighted by atomic mass is 10.1. The largest absolute Gasteiger partial charge is 0.871 e. The summed E-state index contributed by atoms with van der Waals surface area (Å²) in [5.41, 5.74) is 5.37. The lowest BCUT2D eigenvalue weighted by Crippen LogP contribution is -2.32. The summed E-state index contributed by atoms with van der Waals surface area (Å²) >= 11 is 0. The van der Waals surface area contributed by atoms with E-state index >= 15 is 0 Å². The van der Waals surface area contributed by atoms with Gasteiger partial charge in [-0.15, -0.1) is 5.23 Å². The second-order valence-corrected chi connectivity index (χ2v) is 3.24. The summed E-state index contributed by atoms with van der Waals surface area (Å²) in [4.78, 5) is 10.5. The molecule has 0 bridgehead atoms. The first-order valence-corrected chi connectivity index (χ1v) is 4.38. The molecule has 0 saturated heterocycles. The molecule has 0 saturated carbocycles. The Hall–Kier alpha value is -1.83. The normalized spacial score (nSPS) is 12.2. The van der Waals surface area contributed by atoms with Crippen molar-refractivity contribution in [2.24, 2.45) is 5.73 Å². The first-order valence-electron chi connectivity index (χ1n) is 4.38. The van der Waals surface area contributed by atoms with E-state index in [4.69, 9.17) is 21.3 Å². The second kappa shape index (κ2) is 4.79. The zero-order valence-electron chi connectivity index (χ0n) is 8.20. The smallest absolute Gasteiger partial charge is 0.320 e. The highest BCUT2D eigenvalue weighted by Gasteiger charge is 2.13. The summed E-state index contributed by atoms with van der Waals surface area (Å²) < 4.78 is 0. The zero-order chi connectivity index (χ0) is 12.3. The number of nitrogens with two attached hydrogens (primary N) is 1. The molecule has 7 heteroatoms. The van der Waals surface area contributed by atoms with Crippen molar-refractivity contribution in [1.29, 1.82) is 0 Å². The SMILES string of the molecule is NC(Cc1ccc([O-])c(N(O)O)c1)C(=O)O. The summed E-state index contributed by atoms with van der Waals surface area (Å²) in [5.74, 6) is -1.75. The van der Waals surface area contributed by atoms with Gasteiger partial charge in [0.1, 0.15) is 6.04 Å². The first-order chi connectivity index (χ1) is 7.41. The van der Waals surface area contributed by atoms with Crippen LogP contribution in [0, 0.1) is 0 Å². The van der Waals surface area contributed by atoms with Crippen molar-refractivity contribution < 1.29 is 25.4 Å². The zero-order valence-corrected chi connectivity index (χ0v) is 8.20. The van der Waals surface area contributed by atoms with Crippen molar-refractivity contribution in [3.63, 3.8) is 0 Å². The van der Waals surface area contributed by atoms with E-state index in [1.807, 2.05) is 0 Å². The lowest BCUT2D eigenvalue weighted by Gasteiger charge is -2.18. The maximum absolute atomic E-state index is 11.1. The van der Waals surface area contributed by atoms with Crippen molar-refractivity contribution >= 4 is 11.7 Å². The maximum Gasteiger partial charge on any atom is 0.320 e. The Balaban J connectivity index is 2.91. The molecule has 5 N–H and O–H groups in total. The Morgan fingerprint density at radius 1 is 1.50 bits per heavy atom. The third-order valence-corrected chi connectivity index (χ3v) is 2.01. The van der Waals surface area contributed by atoms with Crippen LogP contribution in [0.4, 0.5) is 5.69 Å². The van der Waals surface area contributed by atoms with Crippen molar-refractivity contribution in [1.82, 2.24) is 0 Å². The molecule has 0 radical (unpaired) electrons. The highest BCUT2D eigenvalue weighted by Crippen LogP contribution is 2.24. The van der Waals surface area contributed by atoms with Gasteiger partial charge in [-0.2, -0.15) is 0 Å². The molecule has 1 aromatic carbocycles. The monoisotopic (exact) mass is 227 g/mol. The van der Waals surface area contributed by atoms with Gasteiger partial charge in [-0.25, -0.2) is 0 Å². The van der Waals surface area contributed by atoms with Crippen LogP contribution in [-0.4, -0.2) is 27.5 Å². The molecule has 0 spiro atoms. The fraction of sp³-hybridized carbons (Fsp3) is 0.222. The van der Waals surface area contributed by atoms with Crippen molar-refractivity contribution in [3.05, 3.63) is 23.8 Å². The van der Waals surface area contributed by atoms with Gasteiger partial charge in [0.05, 0.1) is 5.69 Å². The average molecular weight is 227 g/mol. The van der Waals surface area contributed by atoms with E-state index in [1.165, 1.54) is 12.1 Å². The minimum absolute atomic E-state index is 0.00352. The lowest BCUT2D eigenvalue weighted by molar-refractivity contribution is -0.268. The van der Waals surface area contributed by atoms with E-state index < -0.39 is 17.8 Å². The third-order valence-electron chi connectivity index (χ3n) is 2.01. The number of anilines is 1. The number of carboxylic acid groups (broad SMARTS) is 1. The number of hydrogen-bond acceptors (Lipinski definition) is 6. The van der Waals surface area contributed by atoms with E-state index in [9.17, 15) is 9.90 Å². The molecule has 0 aliphatic rings. The van der Waals surface area contributed by atoms with Gasteiger partial charge in [-0.1, -0.05) is 17.9 Å². The number of nitrogens with zero attached hydrogens (tertiary/aromatic N) is 1. The van der Waals surface area contributed by atoms with Crippen LogP contribution in [0.2, 0.25) is 0 Å². The highest BCUT2D eigenvalue weighted by molar-refractivity contribution is 5.73. The molecular weight excluding hydrogens is 216 g/mol. The molecule has 0 heterocycles. The van der Waals surface area contributed by atoms with E-state index in [0.717, 1.165) is 6.07 Å². The molecule has 0 amide bonds. The first kappa shape index (κ1) is 12.2. The number of aliphatic carboxylic acids is 1. The molecule has 1 rings (SSSR count). The van der Waals surface area contributed by atoms with Crippen molar-refractivity contribution in [2.45, 2.75) is 12.5 Å². The molecule has 1 aromatic rings. The summed E-state index contributed by atoms with van der Waals surface area (Å²) in [6, 6.07) is 2.57. The number of rotatable bonds is 4. The quantitative estimate of drug-likeness (QED) is 0.500. The third kappa shape index (κ3) is 2.83. The molecular formula is C9H11N2O5-. The van der Waals surface area contributed by atoms with Gasteiger partial charge in [0.15, 0.2) is 0 Å². The fourth-order valence-electron chi connectivity index (χ4n) is 1.19. The molecule has 0 fully saturated rings.